The molecule has 5 heteroatoms. The highest BCUT2D eigenvalue weighted by Gasteiger charge is 2.33. The van der Waals surface area contributed by atoms with Crippen LogP contribution in [0.2, 0.25) is 0 Å². The average molecular weight is 267 g/mol. The third-order valence-corrected chi connectivity index (χ3v) is 4.34. The largest absolute Gasteiger partial charge is 0.353 e. The lowest BCUT2D eigenvalue weighted by atomic mass is 9.75. The Bertz CT molecular complexity index is 344. The van der Waals surface area contributed by atoms with E-state index in [4.69, 9.17) is 0 Å². The fraction of sp³-hybridized carbons (Fsp3) is 0.857. The first-order chi connectivity index (χ1) is 8.88. The Hall–Kier alpha value is -1.10. The molecule has 0 bridgehead atoms. The van der Waals surface area contributed by atoms with Crippen LogP contribution < -0.4 is 10.6 Å². The van der Waals surface area contributed by atoms with E-state index in [-0.39, 0.29) is 24.4 Å². The van der Waals surface area contributed by atoms with Crippen molar-refractivity contribution in [1.82, 2.24) is 15.5 Å². The molecule has 2 saturated heterocycles. The lowest BCUT2D eigenvalue weighted by Gasteiger charge is -2.40. The Kier molecular flexibility index (Phi) is 4.13. The molecule has 2 heterocycles. The number of nitrogens with zero attached hydrogens (tertiary/aromatic N) is 1. The summed E-state index contributed by atoms with van der Waals surface area (Å²) in [5.41, 5.74) is 0.326. The second-order valence-corrected chi connectivity index (χ2v) is 6.70. The van der Waals surface area contributed by atoms with Crippen LogP contribution in [0.25, 0.3) is 0 Å². The number of piperazine rings is 1. The molecule has 1 atom stereocenters. The van der Waals surface area contributed by atoms with E-state index in [9.17, 15) is 9.59 Å². The van der Waals surface area contributed by atoms with Crippen LogP contribution in [0.5, 0.6) is 0 Å². The zero-order chi connectivity index (χ0) is 14.0. The van der Waals surface area contributed by atoms with E-state index in [1.54, 1.807) is 0 Å². The lowest BCUT2D eigenvalue weighted by Crippen LogP contribution is -2.59. The second-order valence-electron chi connectivity index (χ2n) is 6.70. The molecule has 1 unspecified atom stereocenters. The summed E-state index contributed by atoms with van der Waals surface area (Å²) in [6.45, 7) is 9.15. The topological polar surface area (TPSA) is 61.4 Å². The molecule has 2 N–H and O–H groups in total. The van der Waals surface area contributed by atoms with Crippen LogP contribution in [-0.4, -0.2) is 48.9 Å². The molecule has 0 aromatic carbocycles. The number of carbonyl (C=O) groups excluding carboxylic acids is 2. The summed E-state index contributed by atoms with van der Waals surface area (Å²) in [6, 6.07) is -0.246. The van der Waals surface area contributed by atoms with Crippen LogP contribution in [0.1, 0.15) is 33.6 Å². The summed E-state index contributed by atoms with van der Waals surface area (Å²) in [6.07, 6.45) is 2.16. The van der Waals surface area contributed by atoms with Gasteiger partial charge in [-0.1, -0.05) is 20.8 Å². The molecule has 5 nitrogen and oxygen atoms in total. The first-order valence-corrected chi connectivity index (χ1v) is 7.17. The highest BCUT2D eigenvalue weighted by atomic mass is 16.2. The Balaban J connectivity index is 1.84. The van der Waals surface area contributed by atoms with Gasteiger partial charge in [-0.3, -0.25) is 14.9 Å². The highest BCUT2D eigenvalue weighted by Crippen LogP contribution is 2.34. The van der Waals surface area contributed by atoms with Gasteiger partial charge < -0.3 is 10.2 Å². The zero-order valence-electron chi connectivity index (χ0n) is 12.2. The predicted molar refractivity (Wildman–Crippen MR) is 73.6 cm³/mol. The van der Waals surface area contributed by atoms with Crippen molar-refractivity contribution in [2.75, 3.05) is 26.2 Å². The smallest absolute Gasteiger partial charge is 0.241 e. The van der Waals surface area contributed by atoms with E-state index in [1.165, 1.54) is 0 Å². The SMILES string of the molecule is CC(C)(C)C1CCN(C(=O)C2CNC(=O)CN2)CC1. The molecule has 0 saturated carbocycles. The van der Waals surface area contributed by atoms with Crippen molar-refractivity contribution in [1.29, 1.82) is 0 Å². The minimum absolute atomic E-state index is 0.0320. The van der Waals surface area contributed by atoms with Gasteiger partial charge in [0.1, 0.15) is 6.04 Å². The number of rotatable bonds is 1. The highest BCUT2D eigenvalue weighted by molar-refractivity contribution is 5.86. The van der Waals surface area contributed by atoms with Crippen molar-refractivity contribution in [3.05, 3.63) is 0 Å². The molecule has 0 aromatic heterocycles. The van der Waals surface area contributed by atoms with Gasteiger partial charge in [0.2, 0.25) is 11.8 Å². The molecule has 0 spiro atoms. The molecule has 2 aliphatic rings. The summed E-state index contributed by atoms with van der Waals surface area (Å²) in [7, 11) is 0. The first kappa shape index (κ1) is 14.3. The van der Waals surface area contributed by atoms with Crippen LogP contribution in [0, 0.1) is 11.3 Å². The molecule has 19 heavy (non-hydrogen) atoms. The van der Waals surface area contributed by atoms with E-state index in [2.05, 4.69) is 31.4 Å². The second kappa shape index (κ2) is 5.49. The van der Waals surface area contributed by atoms with E-state index in [0.29, 0.717) is 17.9 Å². The molecule has 108 valence electrons. The summed E-state index contributed by atoms with van der Waals surface area (Å²) < 4.78 is 0. The van der Waals surface area contributed by atoms with Gasteiger partial charge in [-0.05, 0) is 24.2 Å². The van der Waals surface area contributed by atoms with E-state index >= 15 is 0 Å². The van der Waals surface area contributed by atoms with Gasteiger partial charge >= 0.3 is 0 Å². The van der Waals surface area contributed by atoms with E-state index < -0.39 is 0 Å². The summed E-state index contributed by atoms with van der Waals surface area (Å²) in [5.74, 6) is 0.790. The van der Waals surface area contributed by atoms with Crippen LogP contribution in [0.4, 0.5) is 0 Å². The van der Waals surface area contributed by atoms with E-state index in [0.717, 1.165) is 25.9 Å². The maximum Gasteiger partial charge on any atom is 0.241 e. The molecular weight excluding hydrogens is 242 g/mol. The van der Waals surface area contributed by atoms with Gasteiger partial charge in [0.25, 0.3) is 0 Å². The van der Waals surface area contributed by atoms with Crippen LogP contribution >= 0.6 is 0 Å². The number of hydrogen-bond acceptors (Lipinski definition) is 3. The number of amides is 2. The molecular formula is C14H25N3O2. The Morgan fingerprint density at radius 2 is 1.89 bits per heavy atom. The van der Waals surface area contributed by atoms with Gasteiger partial charge in [0.05, 0.1) is 6.54 Å². The maximum absolute atomic E-state index is 12.3. The fourth-order valence-electron chi connectivity index (χ4n) is 2.93. The molecule has 2 amide bonds. The number of hydrogen-bond donors (Lipinski definition) is 2. The van der Waals surface area contributed by atoms with Gasteiger partial charge in [-0.25, -0.2) is 0 Å². The average Bonchev–Trinajstić information content (AvgIpc) is 2.38. The van der Waals surface area contributed by atoms with Crippen molar-refractivity contribution < 1.29 is 9.59 Å². The molecule has 2 aliphatic heterocycles. The minimum Gasteiger partial charge on any atom is -0.353 e. The predicted octanol–water partition coefficient (Wildman–Crippen LogP) is 0.359. The third-order valence-electron chi connectivity index (χ3n) is 4.34. The standard InChI is InChI=1S/C14H25N3O2/c1-14(2,3)10-4-6-17(7-5-10)13(19)11-8-16-12(18)9-15-11/h10-11,15H,4-9H2,1-3H3,(H,16,18). The fourth-order valence-corrected chi connectivity index (χ4v) is 2.93. The monoisotopic (exact) mass is 267 g/mol. The third kappa shape index (κ3) is 3.47. The van der Waals surface area contributed by atoms with Crippen LogP contribution in [0.3, 0.4) is 0 Å². The van der Waals surface area contributed by atoms with Crippen molar-refractivity contribution in [3.8, 4) is 0 Å². The number of piperidine rings is 1. The van der Waals surface area contributed by atoms with Gasteiger partial charge in [0.15, 0.2) is 0 Å². The van der Waals surface area contributed by atoms with E-state index in [1.807, 2.05) is 4.90 Å². The maximum atomic E-state index is 12.3. The minimum atomic E-state index is -0.246. The summed E-state index contributed by atoms with van der Waals surface area (Å²) >= 11 is 0. The number of nitrogens with one attached hydrogen (secondary N) is 2. The van der Waals surface area contributed by atoms with Gasteiger partial charge in [0, 0.05) is 19.6 Å². The zero-order valence-corrected chi connectivity index (χ0v) is 12.2. The quantitative estimate of drug-likeness (QED) is 0.721. The Labute approximate surface area is 115 Å². The van der Waals surface area contributed by atoms with Gasteiger partial charge in [-0.15, -0.1) is 0 Å². The van der Waals surface area contributed by atoms with Gasteiger partial charge in [-0.2, -0.15) is 0 Å². The van der Waals surface area contributed by atoms with Crippen molar-refractivity contribution in [2.24, 2.45) is 11.3 Å². The van der Waals surface area contributed by atoms with Crippen molar-refractivity contribution in [3.63, 3.8) is 0 Å². The van der Waals surface area contributed by atoms with Crippen LogP contribution in [-0.2, 0) is 9.59 Å². The number of carbonyl (C=O) groups is 2. The molecule has 0 aromatic rings. The molecule has 0 aliphatic carbocycles. The van der Waals surface area contributed by atoms with Crippen molar-refractivity contribution >= 4 is 11.8 Å². The summed E-state index contributed by atoms with van der Waals surface area (Å²) in [4.78, 5) is 25.3. The summed E-state index contributed by atoms with van der Waals surface area (Å²) in [5, 5.41) is 5.74. The lowest BCUT2D eigenvalue weighted by molar-refractivity contribution is -0.136. The van der Waals surface area contributed by atoms with Crippen molar-refractivity contribution in [2.45, 2.75) is 39.7 Å². The Morgan fingerprint density at radius 1 is 1.26 bits per heavy atom. The molecule has 0 radical (unpaired) electrons. The number of likely N-dealkylation sites (tertiary alicyclic amines) is 1. The normalized spacial score (nSPS) is 26.2. The molecule has 2 fully saturated rings. The molecule has 2 rings (SSSR count). The van der Waals surface area contributed by atoms with Crippen LogP contribution in [0.15, 0.2) is 0 Å². The first-order valence-electron chi connectivity index (χ1n) is 7.17. The Morgan fingerprint density at radius 3 is 2.37 bits per heavy atom.